The van der Waals surface area contributed by atoms with Gasteiger partial charge in [-0.2, -0.15) is 0 Å². The Hall–Kier alpha value is -4.67. The van der Waals surface area contributed by atoms with Crippen molar-refractivity contribution in [2.45, 2.75) is 6.36 Å². The van der Waals surface area contributed by atoms with E-state index in [1.807, 2.05) is 0 Å². The predicted octanol–water partition coefficient (Wildman–Crippen LogP) is 5.02. The Balaban J connectivity index is 2.03. The van der Waals surface area contributed by atoms with Crippen molar-refractivity contribution in [2.24, 2.45) is 0 Å². The number of carbonyl (C=O) groups excluding carboxylic acids is 2. The van der Waals surface area contributed by atoms with Gasteiger partial charge in [0.2, 0.25) is 5.75 Å². The number of hydrogen-bond acceptors (Lipinski definition) is 6. The molecule has 194 valence electrons. The third kappa shape index (κ3) is 7.17. The molecule has 37 heavy (non-hydrogen) atoms. The monoisotopic (exact) mass is 516 g/mol. The van der Waals surface area contributed by atoms with Crippen LogP contribution in [0.1, 0.15) is 15.9 Å². The second-order valence-electron chi connectivity index (χ2n) is 7.33. The quantitative estimate of drug-likeness (QED) is 0.388. The fraction of sp³-hybridized carbons (Fsp3) is 0.154. The second kappa shape index (κ2) is 11.8. The number of anilines is 1. The third-order valence-corrected chi connectivity index (χ3v) is 4.89. The van der Waals surface area contributed by atoms with Gasteiger partial charge in [0.05, 0.1) is 27.0 Å². The topological polar surface area (TPSA) is 95.1 Å². The van der Waals surface area contributed by atoms with Crippen LogP contribution in [0.5, 0.6) is 23.0 Å². The number of amides is 2. The van der Waals surface area contributed by atoms with E-state index < -0.39 is 23.9 Å². The molecule has 3 rings (SSSR count). The van der Waals surface area contributed by atoms with E-state index in [-0.39, 0.29) is 28.4 Å². The van der Waals surface area contributed by atoms with Crippen molar-refractivity contribution < 1.29 is 41.7 Å². The molecule has 0 spiro atoms. The van der Waals surface area contributed by atoms with Crippen LogP contribution in [0.4, 0.5) is 18.9 Å². The molecule has 3 aromatic carbocycles. The van der Waals surface area contributed by atoms with Gasteiger partial charge in [0.1, 0.15) is 5.70 Å². The number of nitrogens with one attached hydrogen (secondary N) is 2. The third-order valence-electron chi connectivity index (χ3n) is 4.89. The smallest absolute Gasteiger partial charge is 0.493 e. The summed E-state index contributed by atoms with van der Waals surface area (Å²) in [4.78, 5) is 26.0. The molecule has 2 N–H and O–H groups in total. The van der Waals surface area contributed by atoms with Crippen LogP contribution in [0.2, 0.25) is 0 Å². The summed E-state index contributed by atoms with van der Waals surface area (Å²) in [5.74, 6) is -1.27. The van der Waals surface area contributed by atoms with Gasteiger partial charge in [0.25, 0.3) is 11.8 Å². The highest BCUT2D eigenvalue weighted by Crippen LogP contribution is 2.38. The molecule has 0 aromatic heterocycles. The van der Waals surface area contributed by atoms with E-state index in [2.05, 4.69) is 15.4 Å². The predicted molar refractivity (Wildman–Crippen MR) is 130 cm³/mol. The van der Waals surface area contributed by atoms with E-state index in [0.717, 1.165) is 6.07 Å². The van der Waals surface area contributed by atoms with Gasteiger partial charge in [0, 0.05) is 5.56 Å². The molecule has 0 aliphatic carbocycles. The Kier molecular flexibility index (Phi) is 8.62. The minimum atomic E-state index is -4.97. The number of rotatable bonds is 9. The fourth-order valence-corrected chi connectivity index (χ4v) is 3.27. The molecular weight excluding hydrogens is 493 g/mol. The van der Waals surface area contributed by atoms with E-state index in [9.17, 15) is 22.8 Å². The number of methoxy groups -OCH3 is 3. The molecule has 3 aromatic rings. The highest BCUT2D eigenvalue weighted by molar-refractivity contribution is 6.11. The van der Waals surface area contributed by atoms with Gasteiger partial charge in [0.15, 0.2) is 17.2 Å². The van der Waals surface area contributed by atoms with Crippen molar-refractivity contribution in [3.05, 3.63) is 83.6 Å². The zero-order valence-electron chi connectivity index (χ0n) is 20.0. The van der Waals surface area contributed by atoms with Gasteiger partial charge in [-0.3, -0.25) is 9.59 Å². The Morgan fingerprint density at radius 2 is 1.41 bits per heavy atom. The Labute approximate surface area is 210 Å². The number of para-hydroxylation sites is 2. The summed E-state index contributed by atoms with van der Waals surface area (Å²) in [6.07, 6.45) is -3.66. The average Bonchev–Trinajstić information content (AvgIpc) is 2.88. The molecule has 0 bridgehead atoms. The lowest BCUT2D eigenvalue weighted by molar-refractivity contribution is -0.274. The minimum absolute atomic E-state index is 0.255. The van der Waals surface area contributed by atoms with Crippen LogP contribution in [0, 0.1) is 0 Å². The zero-order chi connectivity index (χ0) is 27.0. The molecule has 0 unspecified atom stereocenters. The summed E-state index contributed by atoms with van der Waals surface area (Å²) in [5, 5.41) is 4.86. The molecule has 0 aliphatic rings. The standard InChI is InChI=1S/C26H23F3N2O6/c1-34-21-14-16(15-22(35-2)23(21)36-3)13-19(31-24(32)17-9-5-4-6-10-17)25(33)30-18-11-7-8-12-20(18)37-26(27,28)29/h4-15H,1-3H3,(H,30,33)(H,31,32)/b19-13+. The number of carbonyl (C=O) groups is 2. The van der Waals surface area contributed by atoms with Crippen molar-refractivity contribution >= 4 is 23.6 Å². The van der Waals surface area contributed by atoms with Gasteiger partial charge in [-0.15, -0.1) is 13.2 Å². The molecular formula is C26H23F3N2O6. The van der Waals surface area contributed by atoms with Crippen LogP contribution in [-0.2, 0) is 4.79 Å². The molecule has 0 atom stereocenters. The first-order chi connectivity index (χ1) is 17.6. The van der Waals surface area contributed by atoms with E-state index >= 15 is 0 Å². The number of alkyl halides is 3. The van der Waals surface area contributed by atoms with Gasteiger partial charge >= 0.3 is 6.36 Å². The highest BCUT2D eigenvalue weighted by atomic mass is 19.4. The summed E-state index contributed by atoms with van der Waals surface area (Å²) in [6.45, 7) is 0. The maximum Gasteiger partial charge on any atom is 0.573 e. The molecule has 0 saturated carbocycles. The molecule has 2 amide bonds. The normalized spacial score (nSPS) is 11.4. The molecule has 0 saturated heterocycles. The largest absolute Gasteiger partial charge is 0.573 e. The Bertz CT molecular complexity index is 1270. The second-order valence-corrected chi connectivity index (χ2v) is 7.33. The van der Waals surface area contributed by atoms with Crippen LogP contribution in [0.25, 0.3) is 6.08 Å². The van der Waals surface area contributed by atoms with Crippen molar-refractivity contribution in [3.8, 4) is 23.0 Å². The maximum atomic E-state index is 13.2. The number of ether oxygens (including phenoxy) is 4. The van der Waals surface area contributed by atoms with Gasteiger partial charge in [-0.25, -0.2) is 0 Å². The van der Waals surface area contributed by atoms with Crippen molar-refractivity contribution in [1.82, 2.24) is 5.32 Å². The van der Waals surface area contributed by atoms with E-state index in [4.69, 9.17) is 14.2 Å². The lowest BCUT2D eigenvalue weighted by Crippen LogP contribution is -2.31. The van der Waals surface area contributed by atoms with Gasteiger partial charge in [-0.1, -0.05) is 30.3 Å². The summed E-state index contributed by atoms with van der Waals surface area (Å²) in [5.41, 5.74) is 0.0965. The van der Waals surface area contributed by atoms with E-state index in [1.165, 1.54) is 69.9 Å². The molecule has 0 aliphatic heterocycles. The highest BCUT2D eigenvalue weighted by Gasteiger charge is 2.32. The number of hydrogen-bond donors (Lipinski definition) is 2. The van der Waals surface area contributed by atoms with Crippen molar-refractivity contribution in [3.63, 3.8) is 0 Å². The van der Waals surface area contributed by atoms with Gasteiger partial charge < -0.3 is 29.6 Å². The molecule has 0 heterocycles. The fourth-order valence-electron chi connectivity index (χ4n) is 3.27. The van der Waals surface area contributed by atoms with Crippen molar-refractivity contribution in [2.75, 3.05) is 26.6 Å². The van der Waals surface area contributed by atoms with Crippen LogP contribution in [0.3, 0.4) is 0 Å². The molecule has 8 nitrogen and oxygen atoms in total. The lowest BCUT2D eigenvalue weighted by Gasteiger charge is -2.16. The van der Waals surface area contributed by atoms with Crippen molar-refractivity contribution in [1.29, 1.82) is 0 Å². The van der Waals surface area contributed by atoms with Crippen LogP contribution in [0.15, 0.2) is 72.4 Å². The molecule has 0 fully saturated rings. The zero-order valence-corrected chi connectivity index (χ0v) is 20.0. The number of benzene rings is 3. The lowest BCUT2D eigenvalue weighted by atomic mass is 10.1. The number of halogens is 3. The van der Waals surface area contributed by atoms with Crippen LogP contribution in [-0.4, -0.2) is 39.5 Å². The Morgan fingerprint density at radius 1 is 0.811 bits per heavy atom. The van der Waals surface area contributed by atoms with E-state index in [1.54, 1.807) is 18.2 Å². The average molecular weight is 516 g/mol. The summed E-state index contributed by atoms with van der Waals surface area (Å²) in [7, 11) is 4.25. The molecule has 11 heteroatoms. The van der Waals surface area contributed by atoms with Crippen LogP contribution >= 0.6 is 0 Å². The first-order valence-electron chi connectivity index (χ1n) is 10.7. The first kappa shape index (κ1) is 26.9. The minimum Gasteiger partial charge on any atom is -0.493 e. The summed E-state index contributed by atoms with van der Waals surface area (Å²) in [6, 6.07) is 16.2. The molecule has 0 radical (unpaired) electrons. The maximum absolute atomic E-state index is 13.2. The van der Waals surface area contributed by atoms with Gasteiger partial charge in [-0.05, 0) is 48.0 Å². The first-order valence-corrected chi connectivity index (χ1v) is 10.7. The van der Waals surface area contributed by atoms with Crippen LogP contribution < -0.4 is 29.6 Å². The summed E-state index contributed by atoms with van der Waals surface area (Å²) >= 11 is 0. The Morgan fingerprint density at radius 3 is 1.97 bits per heavy atom. The van der Waals surface area contributed by atoms with E-state index in [0.29, 0.717) is 11.3 Å². The summed E-state index contributed by atoms with van der Waals surface area (Å²) < 4.78 is 58.4. The SMILES string of the molecule is COc1cc(/C=C(/NC(=O)c2ccccc2)C(=O)Nc2ccccc2OC(F)(F)F)cc(OC)c1OC.